The van der Waals surface area contributed by atoms with Crippen LogP contribution in [-0.4, -0.2) is 22.1 Å². The van der Waals surface area contributed by atoms with Gasteiger partial charge in [-0.1, -0.05) is 18.2 Å². The predicted octanol–water partition coefficient (Wildman–Crippen LogP) is 2.70. The van der Waals surface area contributed by atoms with Gasteiger partial charge in [0.05, 0.1) is 6.21 Å². The molecule has 0 aliphatic carbocycles. The molecule has 3 rings (SSSR count). The third-order valence-corrected chi connectivity index (χ3v) is 3.70. The van der Waals surface area contributed by atoms with E-state index >= 15 is 0 Å². The molecule has 1 aromatic carbocycles. The maximum Gasteiger partial charge on any atom is 0.288 e. The van der Waals surface area contributed by atoms with E-state index in [4.69, 9.17) is 0 Å². The summed E-state index contributed by atoms with van der Waals surface area (Å²) in [5.74, 6) is -0.258. The van der Waals surface area contributed by atoms with Crippen LogP contribution >= 0.6 is 11.3 Å². The molecule has 0 aliphatic heterocycles. The number of rotatable bonds is 3. The van der Waals surface area contributed by atoms with Crippen molar-refractivity contribution < 1.29 is 4.79 Å². The van der Waals surface area contributed by atoms with Gasteiger partial charge in [0.25, 0.3) is 5.91 Å². The second-order valence-corrected chi connectivity index (χ2v) is 5.17. The Morgan fingerprint density at radius 1 is 1.45 bits per heavy atom. The van der Waals surface area contributed by atoms with E-state index in [-0.39, 0.29) is 5.91 Å². The number of hydrogen-bond acceptors (Lipinski definition) is 4. The molecular weight excluding hydrogens is 272 g/mol. The highest BCUT2D eigenvalue weighted by Crippen LogP contribution is 2.20. The van der Waals surface area contributed by atoms with Crippen LogP contribution in [0.5, 0.6) is 0 Å². The Balaban J connectivity index is 1.80. The number of carbonyl (C=O) groups is 1. The third kappa shape index (κ3) is 2.33. The molecule has 0 spiro atoms. The summed E-state index contributed by atoms with van der Waals surface area (Å²) in [5.41, 5.74) is 4.90. The van der Waals surface area contributed by atoms with Crippen molar-refractivity contribution in [1.82, 2.24) is 15.4 Å². The summed E-state index contributed by atoms with van der Waals surface area (Å²) in [7, 11) is 0. The van der Waals surface area contributed by atoms with Crippen molar-refractivity contribution in [2.45, 2.75) is 6.92 Å². The number of para-hydroxylation sites is 1. The SMILES string of the molecule is Cc1c(C(=O)NN=Cc2nccs2)[nH]c2ccccc12. The van der Waals surface area contributed by atoms with Gasteiger partial charge < -0.3 is 4.98 Å². The maximum absolute atomic E-state index is 12.1. The summed E-state index contributed by atoms with van der Waals surface area (Å²) >= 11 is 1.46. The van der Waals surface area contributed by atoms with Crippen LogP contribution in [-0.2, 0) is 0 Å². The van der Waals surface area contributed by atoms with Crippen LogP contribution in [0.15, 0.2) is 40.9 Å². The van der Waals surface area contributed by atoms with Gasteiger partial charge in [0, 0.05) is 22.5 Å². The number of nitrogens with one attached hydrogen (secondary N) is 2. The summed E-state index contributed by atoms with van der Waals surface area (Å²) in [6.45, 7) is 1.91. The lowest BCUT2D eigenvalue weighted by molar-refractivity contribution is 0.0950. The number of nitrogens with zero attached hydrogens (tertiary/aromatic N) is 2. The smallest absolute Gasteiger partial charge is 0.288 e. The van der Waals surface area contributed by atoms with Crippen molar-refractivity contribution in [3.63, 3.8) is 0 Å². The first kappa shape index (κ1) is 12.6. The van der Waals surface area contributed by atoms with Gasteiger partial charge >= 0.3 is 0 Å². The van der Waals surface area contributed by atoms with E-state index in [9.17, 15) is 4.79 Å². The molecule has 0 bridgehead atoms. The van der Waals surface area contributed by atoms with Gasteiger partial charge in [-0.3, -0.25) is 4.79 Å². The molecule has 0 aliphatic rings. The lowest BCUT2D eigenvalue weighted by Gasteiger charge is -1.97. The Labute approximate surface area is 119 Å². The fraction of sp³-hybridized carbons (Fsp3) is 0.0714. The van der Waals surface area contributed by atoms with E-state index in [1.165, 1.54) is 17.6 Å². The first-order chi connectivity index (χ1) is 9.75. The minimum Gasteiger partial charge on any atom is -0.350 e. The van der Waals surface area contributed by atoms with Gasteiger partial charge in [-0.15, -0.1) is 11.3 Å². The molecule has 20 heavy (non-hydrogen) atoms. The van der Waals surface area contributed by atoms with Crippen LogP contribution in [0.3, 0.4) is 0 Å². The van der Waals surface area contributed by atoms with Gasteiger partial charge in [0.15, 0.2) is 0 Å². The highest BCUT2D eigenvalue weighted by Gasteiger charge is 2.13. The zero-order valence-corrected chi connectivity index (χ0v) is 11.6. The Morgan fingerprint density at radius 2 is 2.30 bits per heavy atom. The zero-order chi connectivity index (χ0) is 13.9. The average molecular weight is 284 g/mol. The Bertz CT molecular complexity index is 774. The molecule has 0 unspecified atom stereocenters. The average Bonchev–Trinajstić information content (AvgIpc) is 3.08. The third-order valence-electron chi connectivity index (χ3n) is 2.99. The number of aromatic amines is 1. The van der Waals surface area contributed by atoms with Crippen LogP contribution in [0.4, 0.5) is 0 Å². The van der Waals surface area contributed by atoms with Gasteiger partial charge in [0.1, 0.15) is 10.7 Å². The molecule has 0 saturated heterocycles. The monoisotopic (exact) mass is 284 g/mol. The van der Waals surface area contributed by atoms with Gasteiger partial charge in [-0.2, -0.15) is 5.10 Å². The Morgan fingerprint density at radius 3 is 3.05 bits per heavy atom. The number of hydrazone groups is 1. The normalized spacial score (nSPS) is 11.2. The standard InChI is InChI=1S/C14H12N4OS/c1-9-10-4-2-3-5-11(10)17-13(9)14(19)18-16-8-12-15-6-7-20-12/h2-8,17H,1H3,(H,18,19). The second kappa shape index (κ2) is 5.26. The van der Waals surface area contributed by atoms with Gasteiger partial charge in [0.2, 0.25) is 0 Å². The molecule has 0 atom stereocenters. The summed E-state index contributed by atoms with van der Waals surface area (Å²) in [6.07, 6.45) is 3.22. The summed E-state index contributed by atoms with van der Waals surface area (Å²) in [6, 6.07) is 7.81. The molecule has 2 heterocycles. The summed E-state index contributed by atoms with van der Waals surface area (Å²) < 4.78 is 0. The molecule has 100 valence electrons. The summed E-state index contributed by atoms with van der Waals surface area (Å²) in [4.78, 5) is 19.2. The summed E-state index contributed by atoms with van der Waals surface area (Å²) in [5, 5.41) is 7.55. The largest absolute Gasteiger partial charge is 0.350 e. The van der Waals surface area contributed by atoms with E-state index in [1.807, 2.05) is 36.6 Å². The molecule has 2 N–H and O–H groups in total. The number of aryl methyl sites for hydroxylation is 1. The number of H-pyrrole nitrogens is 1. The lowest BCUT2D eigenvalue weighted by atomic mass is 10.1. The van der Waals surface area contributed by atoms with Crippen LogP contribution in [0.1, 0.15) is 21.1 Å². The van der Waals surface area contributed by atoms with Crippen LogP contribution in [0.25, 0.3) is 10.9 Å². The molecule has 5 nitrogen and oxygen atoms in total. The van der Waals surface area contributed by atoms with E-state index < -0.39 is 0 Å². The fourth-order valence-electron chi connectivity index (χ4n) is 2.01. The van der Waals surface area contributed by atoms with E-state index in [0.29, 0.717) is 5.69 Å². The number of amides is 1. The highest BCUT2D eigenvalue weighted by atomic mass is 32.1. The number of carbonyl (C=O) groups excluding carboxylic acids is 1. The molecule has 1 amide bonds. The number of fused-ring (bicyclic) bond motifs is 1. The van der Waals surface area contributed by atoms with Crippen LogP contribution < -0.4 is 5.43 Å². The molecule has 2 aromatic heterocycles. The van der Waals surface area contributed by atoms with Gasteiger partial charge in [-0.05, 0) is 18.6 Å². The van der Waals surface area contributed by atoms with Crippen LogP contribution in [0.2, 0.25) is 0 Å². The lowest BCUT2D eigenvalue weighted by Crippen LogP contribution is -2.18. The van der Waals surface area contributed by atoms with Gasteiger partial charge in [-0.25, -0.2) is 10.4 Å². The molecular formula is C14H12N4OS. The highest BCUT2D eigenvalue weighted by molar-refractivity contribution is 7.11. The minimum absolute atomic E-state index is 0.258. The van der Waals surface area contributed by atoms with E-state index in [1.54, 1.807) is 6.20 Å². The predicted molar refractivity (Wildman–Crippen MR) is 80.2 cm³/mol. The number of benzene rings is 1. The van der Waals surface area contributed by atoms with Crippen LogP contribution in [0, 0.1) is 6.92 Å². The van der Waals surface area contributed by atoms with Crippen molar-refractivity contribution >= 4 is 34.4 Å². The zero-order valence-electron chi connectivity index (χ0n) is 10.8. The quantitative estimate of drug-likeness (QED) is 0.573. The van der Waals surface area contributed by atoms with Crippen molar-refractivity contribution in [1.29, 1.82) is 0 Å². The minimum atomic E-state index is -0.258. The first-order valence-corrected chi connectivity index (χ1v) is 6.94. The molecule has 0 fully saturated rings. The first-order valence-electron chi connectivity index (χ1n) is 6.06. The topological polar surface area (TPSA) is 70.1 Å². The van der Waals surface area contributed by atoms with E-state index in [2.05, 4.69) is 20.5 Å². The van der Waals surface area contributed by atoms with Crippen molar-refractivity contribution in [2.75, 3.05) is 0 Å². The van der Waals surface area contributed by atoms with Crippen molar-refractivity contribution in [2.24, 2.45) is 5.10 Å². The number of hydrogen-bond donors (Lipinski definition) is 2. The number of thiazole rings is 1. The number of aromatic nitrogens is 2. The molecule has 3 aromatic rings. The van der Waals surface area contributed by atoms with Crippen molar-refractivity contribution in [3.05, 3.63) is 52.1 Å². The second-order valence-electron chi connectivity index (χ2n) is 4.24. The molecule has 0 radical (unpaired) electrons. The Kier molecular flexibility index (Phi) is 3.30. The Hall–Kier alpha value is -2.47. The molecule has 0 saturated carbocycles. The van der Waals surface area contributed by atoms with Crippen molar-refractivity contribution in [3.8, 4) is 0 Å². The fourth-order valence-corrected chi connectivity index (χ4v) is 2.51. The maximum atomic E-state index is 12.1. The van der Waals surface area contributed by atoms with E-state index in [0.717, 1.165) is 21.5 Å². The molecule has 6 heteroatoms.